The molecule has 1 aromatic carbocycles. The molecule has 0 saturated heterocycles. The number of carbonyl (C=O) groups excluding carboxylic acids is 2. The second-order valence-electron chi connectivity index (χ2n) is 7.90. The third-order valence-electron chi connectivity index (χ3n) is 4.41. The molecule has 1 unspecified atom stereocenters. The molecule has 25 heavy (non-hydrogen) atoms. The summed E-state index contributed by atoms with van der Waals surface area (Å²) in [5.41, 5.74) is 1.62. The van der Waals surface area contributed by atoms with Crippen LogP contribution in [0.5, 0.6) is 0 Å². The molecule has 0 aliphatic heterocycles. The van der Waals surface area contributed by atoms with Crippen molar-refractivity contribution in [3.63, 3.8) is 0 Å². The Morgan fingerprint density at radius 2 is 1.64 bits per heavy atom. The molecule has 1 amide bonds. The monoisotopic (exact) mass is 347 g/mol. The maximum atomic E-state index is 12.3. The van der Waals surface area contributed by atoms with Crippen LogP contribution in [0.3, 0.4) is 0 Å². The first-order valence-electron chi connectivity index (χ1n) is 9.18. The van der Waals surface area contributed by atoms with Gasteiger partial charge in [-0.1, -0.05) is 65.8 Å². The smallest absolute Gasteiger partial charge is 0.308 e. The van der Waals surface area contributed by atoms with Gasteiger partial charge >= 0.3 is 5.97 Å². The van der Waals surface area contributed by atoms with Crippen LogP contribution in [0.15, 0.2) is 24.3 Å². The maximum Gasteiger partial charge on any atom is 0.308 e. The fourth-order valence-electron chi connectivity index (χ4n) is 2.75. The highest BCUT2D eigenvalue weighted by Crippen LogP contribution is 2.25. The molecule has 0 aliphatic rings. The molecule has 0 fully saturated rings. The quantitative estimate of drug-likeness (QED) is 0.671. The van der Waals surface area contributed by atoms with Crippen LogP contribution in [0.1, 0.15) is 65.5 Å². The number of nitrogens with one attached hydrogen (secondary N) is 1. The van der Waals surface area contributed by atoms with E-state index in [1.54, 1.807) is 0 Å². The standard InChI is InChI=1S/C21H33NO3/c1-7-16(4)19(23)25-14-18-10-8-17(9-11-18)13-22-20(24)21(5,6)12-15(2)3/h8-11,15-16H,7,12-14H2,1-6H3,(H,22,24). The SMILES string of the molecule is CCC(C)C(=O)OCc1ccc(CNC(=O)C(C)(C)CC(C)C)cc1. The topological polar surface area (TPSA) is 55.4 Å². The Morgan fingerprint density at radius 1 is 1.08 bits per heavy atom. The molecule has 140 valence electrons. The molecular formula is C21H33NO3. The summed E-state index contributed by atoms with van der Waals surface area (Å²) in [7, 11) is 0. The van der Waals surface area contributed by atoms with E-state index in [4.69, 9.17) is 4.74 Å². The lowest BCUT2D eigenvalue weighted by Crippen LogP contribution is -2.37. The minimum Gasteiger partial charge on any atom is -0.461 e. The second-order valence-corrected chi connectivity index (χ2v) is 7.90. The van der Waals surface area contributed by atoms with Gasteiger partial charge < -0.3 is 10.1 Å². The minimum absolute atomic E-state index is 0.0660. The fourth-order valence-corrected chi connectivity index (χ4v) is 2.75. The van der Waals surface area contributed by atoms with E-state index in [0.29, 0.717) is 12.5 Å². The summed E-state index contributed by atoms with van der Waals surface area (Å²) < 4.78 is 5.29. The van der Waals surface area contributed by atoms with Gasteiger partial charge in [0.2, 0.25) is 5.91 Å². The largest absolute Gasteiger partial charge is 0.461 e. The van der Waals surface area contributed by atoms with Crippen molar-refractivity contribution in [3.05, 3.63) is 35.4 Å². The average Bonchev–Trinajstić information content (AvgIpc) is 2.56. The number of hydrogen-bond acceptors (Lipinski definition) is 3. The van der Waals surface area contributed by atoms with Crippen molar-refractivity contribution in [1.29, 1.82) is 0 Å². The molecule has 1 atom stereocenters. The normalized spacial score (nSPS) is 12.8. The van der Waals surface area contributed by atoms with E-state index in [2.05, 4.69) is 19.2 Å². The summed E-state index contributed by atoms with van der Waals surface area (Å²) in [5.74, 6) is 0.334. The van der Waals surface area contributed by atoms with Crippen LogP contribution in [-0.2, 0) is 27.5 Å². The third-order valence-corrected chi connectivity index (χ3v) is 4.41. The van der Waals surface area contributed by atoms with Crippen molar-refractivity contribution in [2.45, 2.75) is 67.5 Å². The first kappa shape index (κ1) is 21.2. The number of carbonyl (C=O) groups is 2. The zero-order valence-electron chi connectivity index (χ0n) is 16.5. The zero-order valence-corrected chi connectivity index (χ0v) is 16.5. The first-order chi connectivity index (χ1) is 11.7. The number of hydrogen-bond donors (Lipinski definition) is 1. The molecule has 4 heteroatoms. The van der Waals surface area contributed by atoms with Crippen LogP contribution < -0.4 is 5.32 Å². The molecule has 1 rings (SSSR count). The lowest BCUT2D eigenvalue weighted by molar-refractivity contribution is -0.149. The van der Waals surface area contributed by atoms with Crippen LogP contribution in [0.2, 0.25) is 0 Å². The highest BCUT2D eigenvalue weighted by molar-refractivity contribution is 5.81. The molecule has 0 saturated carbocycles. The zero-order chi connectivity index (χ0) is 19.0. The highest BCUT2D eigenvalue weighted by Gasteiger charge is 2.28. The van der Waals surface area contributed by atoms with Crippen molar-refractivity contribution in [1.82, 2.24) is 5.32 Å². The van der Waals surface area contributed by atoms with E-state index < -0.39 is 0 Å². The summed E-state index contributed by atoms with van der Waals surface area (Å²) >= 11 is 0. The molecule has 0 radical (unpaired) electrons. The van der Waals surface area contributed by atoms with E-state index in [1.165, 1.54) is 0 Å². The Morgan fingerprint density at radius 3 is 2.16 bits per heavy atom. The second kappa shape index (κ2) is 9.59. The minimum atomic E-state index is -0.363. The Bertz CT molecular complexity index is 561. The third kappa shape index (κ3) is 7.29. The van der Waals surface area contributed by atoms with Crippen LogP contribution in [0, 0.1) is 17.3 Å². The van der Waals surface area contributed by atoms with Gasteiger partial charge in [-0.2, -0.15) is 0 Å². The predicted molar refractivity (Wildman–Crippen MR) is 101 cm³/mol. The number of rotatable bonds is 9. The van der Waals surface area contributed by atoms with Crippen molar-refractivity contribution in [3.8, 4) is 0 Å². The van der Waals surface area contributed by atoms with Crippen LogP contribution in [-0.4, -0.2) is 11.9 Å². The molecule has 0 aliphatic carbocycles. The van der Waals surface area contributed by atoms with Gasteiger partial charge in [-0.25, -0.2) is 0 Å². The first-order valence-corrected chi connectivity index (χ1v) is 9.18. The molecule has 0 spiro atoms. The summed E-state index contributed by atoms with van der Waals surface area (Å²) in [4.78, 5) is 24.0. The average molecular weight is 347 g/mol. The molecule has 4 nitrogen and oxygen atoms in total. The predicted octanol–water partition coefficient (Wildman–Crippen LogP) is 4.46. The van der Waals surface area contributed by atoms with E-state index >= 15 is 0 Å². The van der Waals surface area contributed by atoms with Gasteiger partial charge in [0.25, 0.3) is 0 Å². The molecular weight excluding hydrogens is 314 g/mol. The molecule has 0 aromatic heterocycles. The fraction of sp³-hybridized carbons (Fsp3) is 0.619. The van der Waals surface area contributed by atoms with Crippen molar-refractivity contribution in [2.24, 2.45) is 17.3 Å². The maximum absolute atomic E-state index is 12.3. The van der Waals surface area contributed by atoms with E-state index in [0.717, 1.165) is 24.0 Å². The van der Waals surface area contributed by atoms with Gasteiger partial charge in [0, 0.05) is 12.0 Å². The number of esters is 1. The Balaban J connectivity index is 2.49. The van der Waals surface area contributed by atoms with Gasteiger partial charge in [0.1, 0.15) is 6.61 Å². The number of ether oxygens (including phenoxy) is 1. The molecule has 1 N–H and O–H groups in total. The molecule has 0 heterocycles. The summed E-state index contributed by atoms with van der Waals surface area (Å²) in [6.07, 6.45) is 1.64. The summed E-state index contributed by atoms with van der Waals surface area (Å²) in [6, 6.07) is 7.79. The van der Waals surface area contributed by atoms with Gasteiger partial charge in [-0.05, 0) is 29.9 Å². The Labute approximate surface area is 152 Å². The van der Waals surface area contributed by atoms with E-state index in [-0.39, 0.29) is 29.8 Å². The summed E-state index contributed by atoms with van der Waals surface area (Å²) in [6.45, 7) is 12.9. The molecule has 0 bridgehead atoms. The van der Waals surface area contributed by atoms with Crippen molar-refractivity contribution >= 4 is 11.9 Å². The van der Waals surface area contributed by atoms with Crippen molar-refractivity contribution in [2.75, 3.05) is 0 Å². The van der Waals surface area contributed by atoms with Gasteiger partial charge in [-0.15, -0.1) is 0 Å². The van der Waals surface area contributed by atoms with E-state index in [9.17, 15) is 9.59 Å². The molecule has 1 aromatic rings. The van der Waals surface area contributed by atoms with Gasteiger partial charge in [-0.3, -0.25) is 9.59 Å². The van der Waals surface area contributed by atoms with Gasteiger partial charge in [0.15, 0.2) is 0 Å². The lowest BCUT2D eigenvalue weighted by atomic mass is 9.83. The lowest BCUT2D eigenvalue weighted by Gasteiger charge is -2.25. The van der Waals surface area contributed by atoms with Crippen molar-refractivity contribution < 1.29 is 14.3 Å². The highest BCUT2D eigenvalue weighted by atomic mass is 16.5. The number of benzene rings is 1. The van der Waals surface area contributed by atoms with Gasteiger partial charge in [0.05, 0.1) is 5.92 Å². The Hall–Kier alpha value is -1.84. The van der Waals surface area contributed by atoms with E-state index in [1.807, 2.05) is 52.0 Å². The van der Waals surface area contributed by atoms with Crippen LogP contribution >= 0.6 is 0 Å². The number of amides is 1. The summed E-state index contributed by atoms with van der Waals surface area (Å²) in [5, 5.41) is 3.01. The van der Waals surface area contributed by atoms with Crippen LogP contribution in [0.4, 0.5) is 0 Å². The van der Waals surface area contributed by atoms with Crippen LogP contribution in [0.25, 0.3) is 0 Å². The Kier molecular flexibility index (Phi) is 8.14.